The summed E-state index contributed by atoms with van der Waals surface area (Å²) in [7, 11) is 0. The Balaban J connectivity index is 1.36. The zero-order valence-electron chi connectivity index (χ0n) is 16.5. The van der Waals surface area contributed by atoms with Crippen LogP contribution in [0.5, 0.6) is 0 Å². The number of piperidine rings is 1. The highest BCUT2D eigenvalue weighted by atomic mass is 16.5. The summed E-state index contributed by atoms with van der Waals surface area (Å²) >= 11 is 0. The maximum absolute atomic E-state index is 13.2. The molecule has 1 unspecified atom stereocenters. The third kappa shape index (κ3) is 2.80. The zero-order valence-corrected chi connectivity index (χ0v) is 16.5. The molecule has 4 aliphatic heterocycles. The van der Waals surface area contributed by atoms with Crippen LogP contribution in [-0.2, 0) is 20.9 Å². The zero-order chi connectivity index (χ0) is 21.1. The van der Waals surface area contributed by atoms with E-state index in [1.54, 1.807) is 12.1 Å². The summed E-state index contributed by atoms with van der Waals surface area (Å²) in [6.45, 7) is 1.58. The molecule has 4 amide bonds. The Kier molecular flexibility index (Phi) is 4.32. The van der Waals surface area contributed by atoms with Crippen molar-refractivity contribution < 1.29 is 23.9 Å². The fourth-order valence-electron chi connectivity index (χ4n) is 5.35. The molecular formula is C21H24N4O5. The van der Waals surface area contributed by atoms with Crippen molar-refractivity contribution in [1.82, 2.24) is 15.5 Å². The summed E-state index contributed by atoms with van der Waals surface area (Å²) in [6.07, 6.45) is 2.79. The first-order valence-corrected chi connectivity index (χ1v) is 10.3. The average Bonchev–Trinajstić information content (AvgIpc) is 2.97. The van der Waals surface area contributed by atoms with Gasteiger partial charge in [-0.05, 0) is 37.3 Å². The molecule has 1 aliphatic carbocycles. The minimum absolute atomic E-state index is 0.0602. The molecule has 2 bridgehead atoms. The monoisotopic (exact) mass is 412 g/mol. The molecule has 9 heteroatoms. The lowest BCUT2D eigenvalue weighted by Gasteiger charge is -2.60. The molecule has 4 N–H and O–H groups in total. The molecule has 9 nitrogen and oxygen atoms in total. The van der Waals surface area contributed by atoms with Crippen molar-refractivity contribution in [3.8, 4) is 0 Å². The van der Waals surface area contributed by atoms with Crippen molar-refractivity contribution in [2.45, 2.75) is 55.8 Å². The number of nitrogens with one attached hydrogen (secondary N) is 2. The molecule has 0 aromatic heterocycles. The third-order valence-electron chi connectivity index (χ3n) is 6.89. The van der Waals surface area contributed by atoms with E-state index in [2.05, 4.69) is 10.6 Å². The number of fused-ring (bicyclic) bond motifs is 3. The van der Waals surface area contributed by atoms with Gasteiger partial charge in [-0.3, -0.25) is 29.4 Å². The molecule has 1 atom stereocenters. The quantitative estimate of drug-likeness (QED) is 0.572. The summed E-state index contributed by atoms with van der Waals surface area (Å²) in [4.78, 5) is 50.8. The molecule has 30 heavy (non-hydrogen) atoms. The van der Waals surface area contributed by atoms with Crippen LogP contribution in [0.1, 0.15) is 58.4 Å². The molecule has 3 saturated heterocycles. The van der Waals surface area contributed by atoms with Crippen LogP contribution in [-0.4, -0.2) is 58.9 Å². The van der Waals surface area contributed by atoms with E-state index in [-0.39, 0.29) is 29.9 Å². The summed E-state index contributed by atoms with van der Waals surface area (Å²) in [5.41, 5.74) is 6.94. The minimum atomic E-state index is -0.957. The molecule has 1 aromatic rings. The van der Waals surface area contributed by atoms with Gasteiger partial charge in [0, 0.05) is 31.7 Å². The number of nitrogens with two attached hydrogens (primary N) is 1. The normalized spacial score (nSPS) is 32.7. The van der Waals surface area contributed by atoms with Crippen molar-refractivity contribution in [2.75, 3.05) is 13.2 Å². The van der Waals surface area contributed by atoms with Gasteiger partial charge in [0.05, 0.1) is 16.7 Å². The SMILES string of the molecule is NCC12CC(NCc3cccc4c3C(=O)N(C3CCC(=O)NC3=O)C4=O)(CCO1)C2. The van der Waals surface area contributed by atoms with E-state index < -0.39 is 23.8 Å². The Morgan fingerprint density at radius 1 is 1.20 bits per heavy atom. The van der Waals surface area contributed by atoms with Crippen LogP contribution in [0.3, 0.4) is 0 Å². The van der Waals surface area contributed by atoms with Gasteiger partial charge < -0.3 is 15.8 Å². The van der Waals surface area contributed by atoms with E-state index in [9.17, 15) is 19.2 Å². The van der Waals surface area contributed by atoms with Gasteiger partial charge in [-0.25, -0.2) is 0 Å². The largest absolute Gasteiger partial charge is 0.373 e. The second-order valence-corrected chi connectivity index (χ2v) is 8.76. The van der Waals surface area contributed by atoms with Gasteiger partial charge in [-0.15, -0.1) is 0 Å². The van der Waals surface area contributed by atoms with E-state index in [1.807, 2.05) is 6.07 Å². The molecule has 0 spiro atoms. The number of carbonyl (C=O) groups excluding carboxylic acids is 4. The Labute approximate surface area is 173 Å². The fraction of sp³-hybridized carbons (Fsp3) is 0.524. The first-order valence-electron chi connectivity index (χ1n) is 10.3. The second kappa shape index (κ2) is 6.69. The highest BCUT2D eigenvalue weighted by molar-refractivity contribution is 6.24. The second-order valence-electron chi connectivity index (χ2n) is 8.76. The van der Waals surface area contributed by atoms with E-state index >= 15 is 0 Å². The van der Waals surface area contributed by atoms with Crippen LogP contribution in [0.4, 0.5) is 0 Å². The maximum atomic E-state index is 13.2. The molecule has 5 aliphatic rings. The van der Waals surface area contributed by atoms with Gasteiger partial charge in [-0.2, -0.15) is 0 Å². The fourth-order valence-corrected chi connectivity index (χ4v) is 5.35. The van der Waals surface area contributed by atoms with E-state index in [0.717, 1.165) is 29.7 Å². The smallest absolute Gasteiger partial charge is 0.262 e. The van der Waals surface area contributed by atoms with Gasteiger partial charge in [0.1, 0.15) is 6.04 Å². The molecule has 1 aromatic carbocycles. The van der Waals surface area contributed by atoms with Crippen LogP contribution in [0, 0.1) is 0 Å². The Bertz CT molecular complexity index is 968. The maximum Gasteiger partial charge on any atom is 0.262 e. The Morgan fingerprint density at radius 2 is 2.00 bits per heavy atom. The third-order valence-corrected chi connectivity index (χ3v) is 6.89. The van der Waals surface area contributed by atoms with Crippen LogP contribution >= 0.6 is 0 Å². The number of imide groups is 2. The predicted molar refractivity (Wildman–Crippen MR) is 104 cm³/mol. The minimum Gasteiger partial charge on any atom is -0.373 e. The molecule has 4 heterocycles. The molecule has 4 fully saturated rings. The average molecular weight is 412 g/mol. The summed E-state index contributed by atoms with van der Waals surface area (Å²) < 4.78 is 5.83. The lowest BCUT2D eigenvalue weighted by atomic mass is 9.61. The van der Waals surface area contributed by atoms with Crippen molar-refractivity contribution in [3.05, 3.63) is 34.9 Å². The lowest BCUT2D eigenvalue weighted by Crippen LogP contribution is -2.71. The number of hydrogen-bond acceptors (Lipinski definition) is 7. The van der Waals surface area contributed by atoms with Crippen LogP contribution in [0.25, 0.3) is 0 Å². The predicted octanol–water partition coefficient (Wildman–Crippen LogP) is -0.172. The van der Waals surface area contributed by atoms with Crippen LogP contribution < -0.4 is 16.4 Å². The molecule has 158 valence electrons. The number of carbonyl (C=O) groups is 4. The number of ether oxygens (including phenoxy) is 1. The number of nitrogens with zero attached hydrogens (tertiary/aromatic N) is 1. The first kappa shape index (κ1) is 19.3. The molecule has 1 saturated carbocycles. The Morgan fingerprint density at radius 3 is 2.73 bits per heavy atom. The molecular weight excluding hydrogens is 388 g/mol. The Hall–Kier alpha value is -2.62. The highest BCUT2D eigenvalue weighted by Crippen LogP contribution is 2.49. The summed E-state index contributed by atoms with van der Waals surface area (Å²) in [5, 5.41) is 5.79. The van der Waals surface area contributed by atoms with Gasteiger partial charge in [0.25, 0.3) is 11.8 Å². The standard InChI is InChI=1S/C21H24N4O5/c22-11-21-9-20(10-21,6-7-30-21)23-8-12-2-1-3-13-16(12)19(29)25(18(13)28)14-4-5-15(26)24-17(14)27/h1-3,14,23H,4-11,22H2,(H,24,26,27). The molecule has 0 radical (unpaired) electrons. The van der Waals surface area contributed by atoms with Gasteiger partial charge in [-0.1, -0.05) is 12.1 Å². The number of hydrogen-bond donors (Lipinski definition) is 3. The van der Waals surface area contributed by atoms with Gasteiger partial charge in [0.2, 0.25) is 11.8 Å². The number of benzene rings is 1. The molecule has 6 rings (SSSR count). The van der Waals surface area contributed by atoms with Crippen molar-refractivity contribution >= 4 is 23.6 Å². The van der Waals surface area contributed by atoms with Crippen LogP contribution in [0.15, 0.2) is 18.2 Å². The highest BCUT2D eigenvalue weighted by Gasteiger charge is 2.57. The van der Waals surface area contributed by atoms with Gasteiger partial charge >= 0.3 is 0 Å². The van der Waals surface area contributed by atoms with Crippen molar-refractivity contribution in [2.24, 2.45) is 5.73 Å². The van der Waals surface area contributed by atoms with Crippen molar-refractivity contribution in [1.29, 1.82) is 0 Å². The van der Waals surface area contributed by atoms with Crippen LogP contribution in [0.2, 0.25) is 0 Å². The first-order chi connectivity index (χ1) is 14.4. The van der Waals surface area contributed by atoms with E-state index in [1.165, 1.54) is 0 Å². The van der Waals surface area contributed by atoms with E-state index in [0.29, 0.717) is 30.8 Å². The summed E-state index contributed by atoms with van der Waals surface area (Å²) in [6, 6.07) is 4.24. The number of amides is 4. The number of rotatable bonds is 5. The topological polar surface area (TPSA) is 131 Å². The van der Waals surface area contributed by atoms with Gasteiger partial charge in [0.15, 0.2) is 0 Å². The van der Waals surface area contributed by atoms with E-state index in [4.69, 9.17) is 10.5 Å². The van der Waals surface area contributed by atoms with Crippen molar-refractivity contribution in [3.63, 3.8) is 0 Å². The summed E-state index contributed by atoms with van der Waals surface area (Å²) in [5.74, 6) is -1.95. The lowest BCUT2D eigenvalue weighted by molar-refractivity contribution is -0.192.